The second-order valence-corrected chi connectivity index (χ2v) is 6.60. The van der Waals surface area contributed by atoms with E-state index in [2.05, 4.69) is 5.32 Å². The van der Waals surface area contributed by atoms with Gasteiger partial charge in [-0.1, -0.05) is 65.7 Å². The number of hydrogen-bond acceptors (Lipinski definition) is 3. The molecule has 142 valence electrons. The quantitative estimate of drug-likeness (QED) is 0.525. The van der Waals surface area contributed by atoms with E-state index in [0.29, 0.717) is 29.3 Å². The molecule has 0 heterocycles. The normalized spacial score (nSPS) is 14.3. The van der Waals surface area contributed by atoms with Crippen LogP contribution >= 0.6 is 23.2 Å². The number of amides is 1. The Balaban J connectivity index is 2.29. The number of allylic oxidation sites excluding steroid dienone is 4. The number of rotatable bonds is 10. The van der Waals surface area contributed by atoms with Crippen molar-refractivity contribution in [1.29, 1.82) is 0 Å². The van der Waals surface area contributed by atoms with Gasteiger partial charge in [-0.15, -0.1) is 0 Å². The van der Waals surface area contributed by atoms with E-state index in [1.54, 1.807) is 55.6 Å². The predicted octanol–water partition coefficient (Wildman–Crippen LogP) is 3.84. The van der Waals surface area contributed by atoms with Gasteiger partial charge in [0.1, 0.15) is 0 Å². The fraction of sp³-hybridized carbons (Fsp3) is 0.350. The lowest BCUT2D eigenvalue weighted by atomic mass is 10.1. The Morgan fingerprint density at radius 1 is 1.04 bits per heavy atom. The van der Waals surface area contributed by atoms with E-state index < -0.39 is 12.2 Å². The number of benzene rings is 1. The molecule has 3 N–H and O–H groups in total. The maximum absolute atomic E-state index is 11.1. The molecule has 6 heteroatoms. The summed E-state index contributed by atoms with van der Waals surface area (Å²) >= 11 is 11.8. The van der Waals surface area contributed by atoms with Gasteiger partial charge in [-0.05, 0) is 37.0 Å². The van der Waals surface area contributed by atoms with Gasteiger partial charge in [0.25, 0.3) is 0 Å². The minimum atomic E-state index is -0.655. The molecule has 0 aromatic heterocycles. The van der Waals surface area contributed by atoms with Crippen molar-refractivity contribution in [3.8, 4) is 0 Å². The average molecular weight is 398 g/mol. The highest BCUT2D eigenvalue weighted by atomic mass is 35.5. The van der Waals surface area contributed by atoms with Crippen LogP contribution in [0.2, 0.25) is 10.0 Å². The molecule has 0 aliphatic carbocycles. The van der Waals surface area contributed by atoms with E-state index >= 15 is 0 Å². The molecule has 1 aromatic rings. The van der Waals surface area contributed by atoms with Crippen molar-refractivity contribution in [2.24, 2.45) is 0 Å². The van der Waals surface area contributed by atoms with Crippen LogP contribution in [0.5, 0.6) is 0 Å². The number of aliphatic hydroxyl groups excluding tert-OH is 2. The Bertz CT molecular complexity index is 656. The van der Waals surface area contributed by atoms with Gasteiger partial charge in [-0.3, -0.25) is 4.79 Å². The van der Waals surface area contributed by atoms with Gasteiger partial charge in [-0.2, -0.15) is 0 Å². The SMILES string of the molecule is CNC(=O)CCC(O)/C=C/C=C/C=C/C(O)CCc1ccc(Cl)c(Cl)c1. The number of aliphatic hydroxyl groups is 2. The Morgan fingerprint density at radius 2 is 1.65 bits per heavy atom. The van der Waals surface area contributed by atoms with E-state index in [0.717, 1.165) is 5.56 Å². The highest BCUT2D eigenvalue weighted by Gasteiger charge is 2.03. The molecule has 0 aliphatic rings. The number of nitrogens with one attached hydrogen (secondary N) is 1. The van der Waals surface area contributed by atoms with Crippen molar-refractivity contribution < 1.29 is 15.0 Å². The van der Waals surface area contributed by atoms with Gasteiger partial charge in [0.15, 0.2) is 0 Å². The van der Waals surface area contributed by atoms with Crippen molar-refractivity contribution in [2.75, 3.05) is 7.05 Å². The molecule has 2 atom stereocenters. The van der Waals surface area contributed by atoms with Crippen LogP contribution in [0.25, 0.3) is 0 Å². The van der Waals surface area contributed by atoms with Gasteiger partial charge < -0.3 is 15.5 Å². The molecule has 0 aliphatic heterocycles. The van der Waals surface area contributed by atoms with Crippen molar-refractivity contribution >= 4 is 29.1 Å². The average Bonchev–Trinajstić information content (AvgIpc) is 2.63. The van der Waals surface area contributed by atoms with Crippen molar-refractivity contribution in [2.45, 2.75) is 37.9 Å². The van der Waals surface area contributed by atoms with E-state index in [4.69, 9.17) is 23.2 Å². The molecule has 0 saturated carbocycles. The van der Waals surface area contributed by atoms with E-state index in [9.17, 15) is 15.0 Å². The first-order valence-electron chi connectivity index (χ1n) is 8.44. The van der Waals surface area contributed by atoms with Gasteiger partial charge >= 0.3 is 0 Å². The van der Waals surface area contributed by atoms with E-state index in [1.165, 1.54) is 0 Å². The van der Waals surface area contributed by atoms with Crippen LogP contribution in [0.15, 0.2) is 54.7 Å². The first-order valence-corrected chi connectivity index (χ1v) is 9.20. The first-order chi connectivity index (χ1) is 12.4. The van der Waals surface area contributed by atoms with Crippen LogP contribution < -0.4 is 5.32 Å². The lowest BCUT2D eigenvalue weighted by molar-refractivity contribution is -0.121. The smallest absolute Gasteiger partial charge is 0.219 e. The Morgan fingerprint density at radius 3 is 2.23 bits per heavy atom. The Labute approximate surface area is 164 Å². The largest absolute Gasteiger partial charge is 0.389 e. The van der Waals surface area contributed by atoms with Crippen molar-refractivity contribution in [1.82, 2.24) is 5.32 Å². The molecule has 0 radical (unpaired) electrons. The maximum atomic E-state index is 11.1. The minimum Gasteiger partial charge on any atom is -0.389 e. The van der Waals surface area contributed by atoms with E-state index in [-0.39, 0.29) is 12.3 Å². The van der Waals surface area contributed by atoms with Crippen molar-refractivity contribution in [3.05, 3.63) is 70.3 Å². The predicted molar refractivity (Wildman–Crippen MR) is 108 cm³/mol. The fourth-order valence-electron chi connectivity index (χ4n) is 2.12. The zero-order valence-corrected chi connectivity index (χ0v) is 16.2. The Hall–Kier alpha value is -1.59. The summed E-state index contributed by atoms with van der Waals surface area (Å²) in [5.41, 5.74) is 1.02. The van der Waals surface area contributed by atoms with Crippen LogP contribution in [0.4, 0.5) is 0 Å². The second kappa shape index (κ2) is 12.7. The lowest BCUT2D eigenvalue weighted by Gasteiger charge is -2.06. The van der Waals surface area contributed by atoms with Crippen molar-refractivity contribution in [3.63, 3.8) is 0 Å². The molecule has 1 amide bonds. The first kappa shape index (κ1) is 22.5. The standard InChI is InChI=1S/C20H25Cl2NO3/c1-23-20(26)13-11-17(25)7-5-3-2-4-6-16(24)10-8-15-9-12-18(21)19(22)14-15/h2-7,9,12,14,16-17,24-25H,8,10-11,13H2,1H3,(H,23,26)/b3-2+,6-4+,7-5+. The molecule has 1 rings (SSSR count). The fourth-order valence-corrected chi connectivity index (χ4v) is 2.44. The van der Waals surface area contributed by atoms with Crippen LogP contribution in [0.1, 0.15) is 24.8 Å². The molecule has 26 heavy (non-hydrogen) atoms. The van der Waals surface area contributed by atoms with Crippen LogP contribution in [0.3, 0.4) is 0 Å². The number of carbonyl (C=O) groups excluding carboxylic acids is 1. The molecule has 1 aromatic carbocycles. The van der Waals surface area contributed by atoms with E-state index in [1.807, 2.05) is 6.07 Å². The Kier molecular flexibility index (Phi) is 11.0. The molecular formula is C20H25Cl2NO3. The number of hydrogen-bond donors (Lipinski definition) is 3. The molecule has 0 spiro atoms. The lowest BCUT2D eigenvalue weighted by Crippen LogP contribution is -2.19. The third-order valence-electron chi connectivity index (χ3n) is 3.66. The highest BCUT2D eigenvalue weighted by molar-refractivity contribution is 6.42. The number of halogens is 2. The van der Waals surface area contributed by atoms with Crippen LogP contribution in [-0.4, -0.2) is 35.4 Å². The summed E-state index contributed by atoms with van der Waals surface area (Å²) in [6, 6.07) is 5.45. The summed E-state index contributed by atoms with van der Waals surface area (Å²) in [7, 11) is 1.57. The maximum Gasteiger partial charge on any atom is 0.219 e. The number of carbonyl (C=O) groups is 1. The monoisotopic (exact) mass is 397 g/mol. The molecule has 0 fully saturated rings. The topological polar surface area (TPSA) is 69.6 Å². The summed E-state index contributed by atoms with van der Waals surface area (Å²) < 4.78 is 0. The summed E-state index contributed by atoms with van der Waals surface area (Å²) in [6.45, 7) is 0. The highest BCUT2D eigenvalue weighted by Crippen LogP contribution is 2.23. The summed E-state index contributed by atoms with van der Waals surface area (Å²) in [4.78, 5) is 11.1. The third-order valence-corrected chi connectivity index (χ3v) is 4.40. The molecule has 0 bridgehead atoms. The minimum absolute atomic E-state index is 0.0919. The van der Waals surface area contributed by atoms with Gasteiger partial charge in [0.2, 0.25) is 5.91 Å². The molecule has 4 nitrogen and oxygen atoms in total. The molecular weight excluding hydrogens is 373 g/mol. The second-order valence-electron chi connectivity index (χ2n) is 5.79. The van der Waals surface area contributed by atoms with Gasteiger partial charge in [0.05, 0.1) is 22.3 Å². The molecule has 0 saturated heterocycles. The zero-order chi connectivity index (χ0) is 19.4. The summed E-state index contributed by atoms with van der Waals surface area (Å²) in [6.07, 6.45) is 11.0. The van der Waals surface area contributed by atoms with Gasteiger partial charge in [0, 0.05) is 13.5 Å². The van der Waals surface area contributed by atoms with Crippen LogP contribution in [0, 0.1) is 0 Å². The van der Waals surface area contributed by atoms with Gasteiger partial charge in [-0.25, -0.2) is 0 Å². The third kappa shape index (κ3) is 9.78. The molecule has 2 unspecified atom stereocenters. The summed E-state index contributed by atoms with van der Waals surface area (Å²) in [5, 5.41) is 23.2. The zero-order valence-electron chi connectivity index (χ0n) is 14.7. The number of aryl methyl sites for hydroxylation is 1. The summed E-state index contributed by atoms with van der Waals surface area (Å²) in [5.74, 6) is -0.0919. The van der Waals surface area contributed by atoms with Crippen LogP contribution in [-0.2, 0) is 11.2 Å².